The molecule has 1 aliphatic rings. The van der Waals surface area contributed by atoms with Crippen molar-refractivity contribution in [2.24, 2.45) is 11.7 Å². The fourth-order valence-corrected chi connectivity index (χ4v) is 2.81. The van der Waals surface area contributed by atoms with Crippen LogP contribution in [0.5, 0.6) is 0 Å². The summed E-state index contributed by atoms with van der Waals surface area (Å²) >= 11 is 1.67. The molecule has 1 saturated heterocycles. The van der Waals surface area contributed by atoms with Crippen molar-refractivity contribution in [2.45, 2.75) is 32.3 Å². The van der Waals surface area contributed by atoms with Crippen LogP contribution in [0.2, 0.25) is 0 Å². The summed E-state index contributed by atoms with van der Waals surface area (Å²) in [5.74, 6) is 0.570. The molecule has 0 radical (unpaired) electrons. The Kier molecular flexibility index (Phi) is 3.66. The molecule has 5 heteroatoms. The van der Waals surface area contributed by atoms with Gasteiger partial charge in [0.2, 0.25) is 0 Å². The summed E-state index contributed by atoms with van der Waals surface area (Å²) in [7, 11) is 0. The zero-order chi connectivity index (χ0) is 10.7. The van der Waals surface area contributed by atoms with Gasteiger partial charge < -0.3 is 10.5 Å². The summed E-state index contributed by atoms with van der Waals surface area (Å²) in [6.07, 6.45) is 3.22. The molecule has 0 aliphatic carbocycles. The predicted molar refractivity (Wildman–Crippen MR) is 59.8 cm³/mol. The lowest BCUT2D eigenvalue weighted by Crippen LogP contribution is -2.02. The van der Waals surface area contributed by atoms with E-state index in [1.54, 1.807) is 11.3 Å². The lowest BCUT2D eigenvalue weighted by Gasteiger charge is -2.09. The Balaban J connectivity index is 1.99. The van der Waals surface area contributed by atoms with Crippen molar-refractivity contribution in [3.8, 4) is 0 Å². The quantitative estimate of drug-likeness (QED) is 0.847. The van der Waals surface area contributed by atoms with E-state index in [0.29, 0.717) is 12.5 Å². The number of aryl methyl sites for hydroxylation is 1. The molecule has 2 atom stereocenters. The van der Waals surface area contributed by atoms with Crippen LogP contribution in [-0.4, -0.2) is 23.3 Å². The highest BCUT2D eigenvalue weighted by molar-refractivity contribution is 7.11. The van der Waals surface area contributed by atoms with E-state index in [2.05, 4.69) is 17.1 Å². The van der Waals surface area contributed by atoms with Crippen LogP contribution in [0, 0.1) is 5.92 Å². The zero-order valence-corrected chi connectivity index (χ0v) is 9.80. The topological polar surface area (TPSA) is 61.0 Å². The molecule has 0 aromatic carbocycles. The van der Waals surface area contributed by atoms with Crippen molar-refractivity contribution >= 4 is 11.3 Å². The van der Waals surface area contributed by atoms with E-state index >= 15 is 0 Å². The van der Waals surface area contributed by atoms with E-state index in [-0.39, 0.29) is 6.10 Å². The molecule has 1 aliphatic heterocycles. The first-order valence-electron chi connectivity index (χ1n) is 5.45. The molecule has 2 N–H and O–H groups in total. The molecule has 0 amide bonds. The van der Waals surface area contributed by atoms with Crippen LogP contribution in [0.3, 0.4) is 0 Å². The summed E-state index contributed by atoms with van der Waals surface area (Å²) in [5, 5.41) is 10.5. The smallest absolute Gasteiger partial charge is 0.146 e. The highest BCUT2D eigenvalue weighted by atomic mass is 32.1. The third-order valence-corrected chi connectivity index (χ3v) is 3.75. The highest BCUT2D eigenvalue weighted by Crippen LogP contribution is 2.35. The maximum atomic E-state index is 5.65. The van der Waals surface area contributed by atoms with Gasteiger partial charge in [-0.25, -0.2) is 0 Å². The number of rotatable bonds is 4. The van der Waals surface area contributed by atoms with Gasteiger partial charge in [0.25, 0.3) is 0 Å². The van der Waals surface area contributed by atoms with Crippen molar-refractivity contribution in [1.29, 1.82) is 0 Å². The van der Waals surface area contributed by atoms with Gasteiger partial charge in [-0.05, 0) is 25.3 Å². The van der Waals surface area contributed by atoms with Crippen molar-refractivity contribution in [2.75, 3.05) is 13.2 Å². The lowest BCUT2D eigenvalue weighted by atomic mass is 10.1. The Hall–Kier alpha value is -0.520. The van der Waals surface area contributed by atoms with Crippen molar-refractivity contribution in [1.82, 2.24) is 10.2 Å². The van der Waals surface area contributed by atoms with Gasteiger partial charge in [0.05, 0.1) is 0 Å². The first-order valence-corrected chi connectivity index (χ1v) is 6.27. The molecule has 84 valence electrons. The third-order valence-electron chi connectivity index (χ3n) is 2.71. The molecule has 1 aromatic heterocycles. The minimum absolute atomic E-state index is 0.175. The zero-order valence-electron chi connectivity index (χ0n) is 8.98. The van der Waals surface area contributed by atoms with E-state index in [4.69, 9.17) is 10.5 Å². The van der Waals surface area contributed by atoms with E-state index in [9.17, 15) is 0 Å². The van der Waals surface area contributed by atoms with Crippen LogP contribution in [0.4, 0.5) is 0 Å². The number of nitrogens with two attached hydrogens (primary N) is 1. The van der Waals surface area contributed by atoms with E-state index in [1.165, 1.54) is 0 Å². The van der Waals surface area contributed by atoms with Crippen molar-refractivity contribution in [3.05, 3.63) is 10.0 Å². The van der Waals surface area contributed by atoms with Crippen molar-refractivity contribution in [3.63, 3.8) is 0 Å². The first kappa shape index (κ1) is 11.0. The first-order chi connectivity index (χ1) is 7.31. The van der Waals surface area contributed by atoms with Crippen LogP contribution in [0.15, 0.2) is 0 Å². The molecule has 4 nitrogen and oxygen atoms in total. The van der Waals surface area contributed by atoms with E-state index in [0.717, 1.165) is 35.9 Å². The average Bonchev–Trinajstić information content (AvgIpc) is 2.83. The summed E-state index contributed by atoms with van der Waals surface area (Å²) < 4.78 is 5.65. The Morgan fingerprint density at radius 3 is 3.07 bits per heavy atom. The van der Waals surface area contributed by atoms with Crippen LogP contribution >= 0.6 is 11.3 Å². The average molecular weight is 227 g/mol. The minimum Gasteiger partial charge on any atom is -0.371 e. The van der Waals surface area contributed by atoms with Gasteiger partial charge in [-0.15, -0.1) is 10.2 Å². The summed E-state index contributed by atoms with van der Waals surface area (Å²) in [6.45, 7) is 3.77. The summed E-state index contributed by atoms with van der Waals surface area (Å²) in [6, 6.07) is 0. The number of ether oxygens (including phenoxy) is 1. The molecule has 2 heterocycles. The largest absolute Gasteiger partial charge is 0.371 e. The predicted octanol–water partition coefficient (Wildman–Crippen LogP) is 1.53. The van der Waals surface area contributed by atoms with Gasteiger partial charge >= 0.3 is 0 Å². The van der Waals surface area contributed by atoms with Crippen molar-refractivity contribution < 1.29 is 4.74 Å². The van der Waals surface area contributed by atoms with Gasteiger partial charge in [0.15, 0.2) is 0 Å². The summed E-state index contributed by atoms with van der Waals surface area (Å²) in [4.78, 5) is 0. The van der Waals surface area contributed by atoms with Gasteiger partial charge in [0.1, 0.15) is 16.1 Å². The van der Waals surface area contributed by atoms with Crippen LogP contribution < -0.4 is 5.73 Å². The Bertz CT molecular complexity index is 315. The molecule has 2 unspecified atom stereocenters. The molecule has 0 bridgehead atoms. The second-order valence-electron chi connectivity index (χ2n) is 3.98. The highest BCUT2D eigenvalue weighted by Gasteiger charge is 2.28. The van der Waals surface area contributed by atoms with Gasteiger partial charge in [-0.2, -0.15) is 0 Å². The monoisotopic (exact) mass is 227 g/mol. The second kappa shape index (κ2) is 5.01. The molecule has 2 rings (SSSR count). The maximum Gasteiger partial charge on any atom is 0.146 e. The van der Waals surface area contributed by atoms with Crippen LogP contribution in [-0.2, 0) is 11.2 Å². The Morgan fingerprint density at radius 1 is 1.53 bits per heavy atom. The third kappa shape index (κ3) is 2.53. The van der Waals surface area contributed by atoms with Crippen LogP contribution in [0.25, 0.3) is 0 Å². The number of nitrogens with zero attached hydrogens (tertiary/aromatic N) is 2. The molecular formula is C10H17N3OS. The molecular weight excluding hydrogens is 210 g/mol. The lowest BCUT2D eigenvalue weighted by molar-refractivity contribution is 0.0937. The number of hydrogen-bond donors (Lipinski definition) is 1. The normalized spacial score (nSPS) is 26.0. The maximum absolute atomic E-state index is 5.65. The number of aromatic nitrogens is 2. The van der Waals surface area contributed by atoms with E-state index in [1.807, 2.05) is 0 Å². The Morgan fingerprint density at radius 2 is 2.40 bits per heavy atom. The fraction of sp³-hybridized carbons (Fsp3) is 0.800. The molecule has 15 heavy (non-hydrogen) atoms. The fourth-order valence-electron chi connectivity index (χ4n) is 1.75. The second-order valence-corrected chi connectivity index (χ2v) is 5.08. The molecule has 0 spiro atoms. The molecule has 0 saturated carbocycles. The minimum atomic E-state index is 0.175. The number of hydrogen-bond acceptors (Lipinski definition) is 5. The Labute approximate surface area is 93.8 Å². The van der Waals surface area contributed by atoms with Gasteiger partial charge in [-0.3, -0.25) is 0 Å². The standard InChI is InChI=1S/C10H17N3OS/c1-7-4-6-14-9(7)10-13-12-8(15-10)3-2-5-11/h7,9H,2-6,11H2,1H3. The molecule has 1 fully saturated rings. The summed E-state index contributed by atoms with van der Waals surface area (Å²) in [5.41, 5.74) is 5.46. The SMILES string of the molecule is CC1CCOC1c1nnc(CCCN)s1. The van der Waals surface area contributed by atoms with E-state index < -0.39 is 0 Å². The van der Waals surface area contributed by atoms with Gasteiger partial charge in [-0.1, -0.05) is 18.3 Å². The molecule has 1 aromatic rings. The van der Waals surface area contributed by atoms with Gasteiger partial charge in [0, 0.05) is 13.0 Å². The van der Waals surface area contributed by atoms with Crippen LogP contribution in [0.1, 0.15) is 35.9 Å².